The van der Waals surface area contributed by atoms with Gasteiger partial charge in [-0.15, -0.1) is 0 Å². The van der Waals surface area contributed by atoms with Crippen LogP contribution in [0.25, 0.3) is 0 Å². The summed E-state index contributed by atoms with van der Waals surface area (Å²) in [7, 11) is 0. The number of fused-ring (bicyclic) bond motifs is 3. The Labute approximate surface area is 107 Å². The summed E-state index contributed by atoms with van der Waals surface area (Å²) in [6.45, 7) is 0. The Morgan fingerprint density at radius 2 is 2.17 bits per heavy atom. The SMILES string of the molecule is N#CCCC12CCC(=O)C1=CCc1ccccc12. The van der Waals surface area contributed by atoms with E-state index in [1.807, 2.05) is 12.1 Å². The van der Waals surface area contributed by atoms with Crippen molar-refractivity contribution < 1.29 is 4.79 Å². The Balaban J connectivity index is 2.14. The first-order valence-corrected chi connectivity index (χ1v) is 6.47. The van der Waals surface area contributed by atoms with Crippen LogP contribution in [-0.2, 0) is 16.6 Å². The lowest BCUT2D eigenvalue weighted by atomic mass is 9.67. The van der Waals surface area contributed by atoms with E-state index >= 15 is 0 Å². The molecule has 1 aromatic rings. The van der Waals surface area contributed by atoms with Gasteiger partial charge in [0.1, 0.15) is 0 Å². The first-order chi connectivity index (χ1) is 8.78. The number of hydrogen-bond donors (Lipinski definition) is 0. The van der Waals surface area contributed by atoms with Gasteiger partial charge in [-0.3, -0.25) is 4.79 Å². The molecule has 2 heteroatoms. The molecular formula is C16H15NO. The topological polar surface area (TPSA) is 40.9 Å². The zero-order valence-electron chi connectivity index (χ0n) is 10.3. The lowest BCUT2D eigenvalue weighted by molar-refractivity contribution is -0.114. The minimum atomic E-state index is -0.165. The Morgan fingerprint density at radius 1 is 1.33 bits per heavy atom. The van der Waals surface area contributed by atoms with Gasteiger partial charge in [0.15, 0.2) is 5.78 Å². The zero-order chi connectivity index (χ0) is 12.6. The molecule has 18 heavy (non-hydrogen) atoms. The number of carbonyl (C=O) groups is 1. The molecule has 0 heterocycles. The van der Waals surface area contributed by atoms with Crippen LogP contribution < -0.4 is 0 Å². The van der Waals surface area contributed by atoms with E-state index in [0.717, 1.165) is 24.8 Å². The van der Waals surface area contributed by atoms with E-state index in [9.17, 15) is 4.79 Å². The number of nitrogens with zero attached hydrogens (tertiary/aromatic N) is 1. The molecule has 0 radical (unpaired) electrons. The van der Waals surface area contributed by atoms with Gasteiger partial charge in [0.2, 0.25) is 0 Å². The molecule has 1 aromatic carbocycles. The molecule has 0 bridgehead atoms. The number of nitriles is 1. The molecule has 1 unspecified atom stereocenters. The number of allylic oxidation sites excluding steroid dienone is 2. The standard InChI is InChI=1S/C16H15NO/c17-11-3-9-16-10-8-15(18)14(16)7-6-12-4-1-2-5-13(12)16/h1-2,4-5,7H,3,6,8-10H2. The van der Waals surface area contributed by atoms with Crippen LogP contribution in [0, 0.1) is 11.3 Å². The maximum atomic E-state index is 12.0. The summed E-state index contributed by atoms with van der Waals surface area (Å²) in [5.41, 5.74) is 3.40. The maximum Gasteiger partial charge on any atom is 0.159 e. The maximum absolute atomic E-state index is 12.0. The molecule has 2 aliphatic carbocycles. The molecule has 0 aliphatic heterocycles. The number of rotatable bonds is 2. The van der Waals surface area contributed by atoms with Crippen LogP contribution in [0.4, 0.5) is 0 Å². The van der Waals surface area contributed by atoms with Gasteiger partial charge < -0.3 is 0 Å². The Hall–Kier alpha value is -1.88. The third kappa shape index (κ3) is 1.44. The highest BCUT2D eigenvalue weighted by molar-refractivity contribution is 6.01. The van der Waals surface area contributed by atoms with Crippen molar-refractivity contribution in [3.8, 4) is 6.07 Å². The smallest absolute Gasteiger partial charge is 0.159 e. The van der Waals surface area contributed by atoms with Gasteiger partial charge in [0.05, 0.1) is 6.07 Å². The molecule has 0 aromatic heterocycles. The van der Waals surface area contributed by atoms with Crippen LogP contribution in [-0.4, -0.2) is 5.78 Å². The van der Waals surface area contributed by atoms with Crippen LogP contribution >= 0.6 is 0 Å². The summed E-state index contributed by atoms with van der Waals surface area (Å²) in [4.78, 5) is 12.0. The Bertz CT molecular complexity index is 579. The summed E-state index contributed by atoms with van der Waals surface area (Å²) in [5.74, 6) is 0.280. The van der Waals surface area contributed by atoms with Gasteiger partial charge in [-0.05, 0) is 30.4 Å². The first kappa shape index (κ1) is 11.2. The molecule has 0 spiro atoms. The van der Waals surface area contributed by atoms with Crippen LogP contribution in [0.3, 0.4) is 0 Å². The highest BCUT2D eigenvalue weighted by Gasteiger charge is 2.46. The van der Waals surface area contributed by atoms with Gasteiger partial charge in [0.25, 0.3) is 0 Å². The summed E-state index contributed by atoms with van der Waals surface area (Å²) in [6, 6.07) is 10.6. The van der Waals surface area contributed by atoms with E-state index in [1.54, 1.807) is 0 Å². The average molecular weight is 237 g/mol. The number of hydrogen-bond acceptors (Lipinski definition) is 2. The minimum Gasteiger partial charge on any atom is -0.295 e. The van der Waals surface area contributed by atoms with Crippen molar-refractivity contribution in [2.45, 2.75) is 37.5 Å². The fourth-order valence-electron chi connectivity index (χ4n) is 3.49. The molecule has 2 nitrogen and oxygen atoms in total. The number of carbonyl (C=O) groups excluding carboxylic acids is 1. The number of Topliss-reactive ketones (excluding diaryl/α,β-unsaturated/α-hetero) is 1. The number of ketones is 1. The van der Waals surface area contributed by atoms with Gasteiger partial charge in [-0.2, -0.15) is 5.26 Å². The molecule has 0 N–H and O–H groups in total. The third-order valence-electron chi connectivity index (χ3n) is 4.32. The molecular weight excluding hydrogens is 222 g/mol. The summed E-state index contributed by atoms with van der Waals surface area (Å²) >= 11 is 0. The average Bonchev–Trinajstić information content (AvgIpc) is 2.75. The van der Waals surface area contributed by atoms with E-state index in [0.29, 0.717) is 12.8 Å². The predicted molar refractivity (Wildman–Crippen MR) is 69.0 cm³/mol. The van der Waals surface area contributed by atoms with E-state index in [4.69, 9.17) is 5.26 Å². The van der Waals surface area contributed by atoms with Crippen molar-refractivity contribution in [1.82, 2.24) is 0 Å². The molecule has 1 saturated carbocycles. The summed E-state index contributed by atoms with van der Waals surface area (Å²) in [5, 5.41) is 8.87. The van der Waals surface area contributed by atoms with E-state index < -0.39 is 0 Å². The first-order valence-electron chi connectivity index (χ1n) is 6.47. The molecule has 1 fully saturated rings. The molecule has 0 saturated heterocycles. The van der Waals surface area contributed by atoms with Crippen molar-refractivity contribution in [3.63, 3.8) is 0 Å². The summed E-state index contributed by atoms with van der Waals surface area (Å²) in [6.07, 6.45) is 5.74. The highest BCUT2D eigenvalue weighted by atomic mass is 16.1. The van der Waals surface area contributed by atoms with Gasteiger partial charge in [0, 0.05) is 23.8 Å². The van der Waals surface area contributed by atoms with Crippen LogP contribution in [0.1, 0.15) is 36.8 Å². The van der Waals surface area contributed by atoms with Crippen LogP contribution in [0.15, 0.2) is 35.9 Å². The normalized spacial score (nSPS) is 25.1. The van der Waals surface area contributed by atoms with Crippen molar-refractivity contribution in [3.05, 3.63) is 47.0 Å². The highest BCUT2D eigenvalue weighted by Crippen LogP contribution is 2.50. The second kappa shape index (κ2) is 4.10. The van der Waals surface area contributed by atoms with Crippen LogP contribution in [0.5, 0.6) is 0 Å². The fourth-order valence-corrected chi connectivity index (χ4v) is 3.49. The molecule has 3 rings (SSSR count). The summed E-state index contributed by atoms with van der Waals surface area (Å²) < 4.78 is 0. The zero-order valence-corrected chi connectivity index (χ0v) is 10.3. The van der Waals surface area contributed by atoms with Gasteiger partial charge >= 0.3 is 0 Å². The van der Waals surface area contributed by atoms with Crippen molar-refractivity contribution in [2.24, 2.45) is 0 Å². The Morgan fingerprint density at radius 3 is 3.00 bits per heavy atom. The third-order valence-corrected chi connectivity index (χ3v) is 4.32. The largest absolute Gasteiger partial charge is 0.295 e. The second-order valence-electron chi connectivity index (χ2n) is 5.14. The lowest BCUT2D eigenvalue weighted by Crippen LogP contribution is -2.30. The van der Waals surface area contributed by atoms with Crippen LogP contribution in [0.2, 0.25) is 0 Å². The fraction of sp³-hybridized carbons (Fsp3) is 0.375. The van der Waals surface area contributed by atoms with Crippen molar-refractivity contribution in [2.75, 3.05) is 0 Å². The van der Waals surface area contributed by atoms with E-state index in [2.05, 4.69) is 24.3 Å². The molecule has 0 amide bonds. The monoisotopic (exact) mass is 237 g/mol. The molecule has 1 atom stereocenters. The molecule has 90 valence electrons. The van der Waals surface area contributed by atoms with Crippen molar-refractivity contribution >= 4 is 5.78 Å². The van der Waals surface area contributed by atoms with Gasteiger partial charge in [-0.25, -0.2) is 0 Å². The van der Waals surface area contributed by atoms with Gasteiger partial charge in [-0.1, -0.05) is 30.3 Å². The number of benzene rings is 1. The predicted octanol–water partition coefficient (Wildman–Crippen LogP) is 3.07. The quantitative estimate of drug-likeness (QED) is 0.793. The minimum absolute atomic E-state index is 0.165. The Kier molecular flexibility index (Phi) is 2.56. The second-order valence-corrected chi connectivity index (χ2v) is 5.14. The molecule has 2 aliphatic rings. The van der Waals surface area contributed by atoms with E-state index in [-0.39, 0.29) is 11.2 Å². The lowest BCUT2D eigenvalue weighted by Gasteiger charge is -2.35. The van der Waals surface area contributed by atoms with E-state index in [1.165, 1.54) is 11.1 Å². The van der Waals surface area contributed by atoms with Crippen molar-refractivity contribution in [1.29, 1.82) is 5.26 Å².